The zero-order chi connectivity index (χ0) is 17.0. The van der Waals surface area contributed by atoms with Crippen molar-refractivity contribution in [2.75, 3.05) is 59.9 Å². The maximum Gasteiger partial charge on any atom is 0.236 e. The Morgan fingerprint density at radius 1 is 1.00 bits per heavy atom. The highest BCUT2D eigenvalue weighted by Crippen LogP contribution is 2.19. The predicted octanol–water partition coefficient (Wildman–Crippen LogP) is 0.339. The number of piperidine rings is 1. The fourth-order valence-electron chi connectivity index (χ4n) is 3.45. The van der Waals surface area contributed by atoms with Crippen molar-refractivity contribution in [1.29, 1.82) is 0 Å². The van der Waals surface area contributed by atoms with Crippen molar-refractivity contribution in [1.82, 2.24) is 19.6 Å². The first-order chi connectivity index (χ1) is 10.9. The molecule has 2 saturated heterocycles. The van der Waals surface area contributed by atoms with Gasteiger partial charge in [-0.15, -0.1) is 0 Å². The highest BCUT2D eigenvalue weighted by atomic mass is 16.2. The summed E-state index contributed by atoms with van der Waals surface area (Å²) in [5.74, 6) is 0.560. The van der Waals surface area contributed by atoms with Gasteiger partial charge in [-0.2, -0.15) is 0 Å². The van der Waals surface area contributed by atoms with Gasteiger partial charge in [-0.3, -0.25) is 19.4 Å². The Hall–Kier alpha value is -1.14. The summed E-state index contributed by atoms with van der Waals surface area (Å²) < 4.78 is 0. The van der Waals surface area contributed by atoms with Crippen molar-refractivity contribution in [2.24, 2.45) is 5.92 Å². The minimum Gasteiger partial charge on any atom is -0.348 e. The smallest absolute Gasteiger partial charge is 0.236 e. The number of piperazine rings is 1. The molecule has 0 bridgehead atoms. The Kier molecular flexibility index (Phi) is 6.41. The van der Waals surface area contributed by atoms with Crippen LogP contribution in [0.15, 0.2) is 0 Å². The average Bonchev–Trinajstić information content (AvgIpc) is 2.55. The highest BCUT2D eigenvalue weighted by Gasteiger charge is 2.29. The lowest BCUT2D eigenvalue weighted by Gasteiger charge is -2.43. The Morgan fingerprint density at radius 3 is 2.04 bits per heavy atom. The van der Waals surface area contributed by atoms with Crippen LogP contribution in [0.3, 0.4) is 0 Å². The largest absolute Gasteiger partial charge is 0.348 e. The van der Waals surface area contributed by atoms with E-state index < -0.39 is 0 Å². The quantitative estimate of drug-likeness (QED) is 0.748. The second kappa shape index (κ2) is 8.11. The Labute approximate surface area is 140 Å². The van der Waals surface area contributed by atoms with Gasteiger partial charge in [0.2, 0.25) is 11.8 Å². The lowest BCUT2D eigenvalue weighted by molar-refractivity contribution is -0.136. The molecule has 0 unspecified atom stereocenters. The van der Waals surface area contributed by atoms with E-state index in [1.54, 1.807) is 4.90 Å². The van der Waals surface area contributed by atoms with Gasteiger partial charge in [0.05, 0.1) is 6.54 Å². The van der Waals surface area contributed by atoms with E-state index in [0.29, 0.717) is 12.6 Å². The molecule has 6 nitrogen and oxygen atoms in total. The van der Waals surface area contributed by atoms with Crippen LogP contribution in [-0.4, -0.2) is 97.4 Å². The first kappa shape index (κ1) is 18.2. The van der Waals surface area contributed by atoms with Crippen molar-refractivity contribution in [3.8, 4) is 0 Å². The monoisotopic (exact) mass is 324 g/mol. The summed E-state index contributed by atoms with van der Waals surface area (Å²) in [5.41, 5.74) is 0. The average molecular weight is 324 g/mol. The number of nitrogens with zero attached hydrogens (tertiary/aromatic N) is 4. The molecular weight excluding hydrogens is 292 g/mol. The van der Waals surface area contributed by atoms with E-state index in [1.165, 1.54) is 0 Å². The summed E-state index contributed by atoms with van der Waals surface area (Å²) in [6, 6.07) is 0.608. The lowest BCUT2D eigenvalue weighted by atomic mass is 10.0. The molecule has 0 atom stereocenters. The normalized spacial score (nSPS) is 21.7. The third kappa shape index (κ3) is 4.91. The Morgan fingerprint density at radius 2 is 1.57 bits per heavy atom. The minimum atomic E-state index is 0.0963. The topological polar surface area (TPSA) is 47.1 Å². The van der Waals surface area contributed by atoms with Gasteiger partial charge in [0, 0.05) is 65.3 Å². The molecule has 0 aromatic rings. The summed E-state index contributed by atoms with van der Waals surface area (Å²) in [5, 5.41) is 0. The zero-order valence-electron chi connectivity index (χ0n) is 15.1. The van der Waals surface area contributed by atoms with E-state index in [9.17, 15) is 9.59 Å². The number of amides is 2. The molecular formula is C17H32N4O2. The third-order valence-electron chi connectivity index (χ3n) is 5.05. The second-order valence-electron chi connectivity index (χ2n) is 7.31. The summed E-state index contributed by atoms with van der Waals surface area (Å²) >= 11 is 0. The van der Waals surface area contributed by atoms with Crippen LogP contribution in [0.2, 0.25) is 0 Å². The van der Waals surface area contributed by atoms with Crippen molar-refractivity contribution >= 4 is 11.8 Å². The molecule has 2 fully saturated rings. The van der Waals surface area contributed by atoms with Gasteiger partial charge >= 0.3 is 0 Å². The van der Waals surface area contributed by atoms with Gasteiger partial charge < -0.3 is 9.80 Å². The van der Waals surface area contributed by atoms with E-state index in [-0.39, 0.29) is 17.7 Å². The van der Waals surface area contributed by atoms with Crippen LogP contribution in [0.5, 0.6) is 0 Å². The first-order valence-electron chi connectivity index (χ1n) is 8.84. The molecule has 23 heavy (non-hydrogen) atoms. The second-order valence-corrected chi connectivity index (χ2v) is 7.31. The zero-order valence-corrected chi connectivity index (χ0v) is 15.1. The SMILES string of the molecule is CC(C)C(=O)N1CCN(C2CCN(CC(=O)N(C)C)CC2)CC1. The predicted molar refractivity (Wildman–Crippen MR) is 91.1 cm³/mol. The number of hydrogen-bond donors (Lipinski definition) is 0. The van der Waals surface area contributed by atoms with E-state index in [1.807, 2.05) is 32.8 Å². The van der Waals surface area contributed by atoms with Gasteiger partial charge in [-0.25, -0.2) is 0 Å². The molecule has 0 N–H and O–H groups in total. The maximum atomic E-state index is 12.0. The number of likely N-dealkylation sites (N-methyl/N-ethyl adjacent to an activating group) is 1. The van der Waals surface area contributed by atoms with Gasteiger partial charge in [0.15, 0.2) is 0 Å². The first-order valence-corrected chi connectivity index (χ1v) is 8.84. The van der Waals surface area contributed by atoms with Crippen LogP contribution >= 0.6 is 0 Å². The highest BCUT2D eigenvalue weighted by molar-refractivity contribution is 5.78. The van der Waals surface area contributed by atoms with Gasteiger partial charge in [-0.1, -0.05) is 13.8 Å². The number of carbonyl (C=O) groups is 2. The molecule has 0 aromatic carbocycles. The minimum absolute atomic E-state index is 0.0963. The van der Waals surface area contributed by atoms with E-state index >= 15 is 0 Å². The molecule has 0 radical (unpaired) electrons. The van der Waals surface area contributed by atoms with Gasteiger partial charge in [0.25, 0.3) is 0 Å². The maximum absolute atomic E-state index is 12.0. The molecule has 2 aliphatic rings. The van der Waals surface area contributed by atoms with Crippen LogP contribution in [0, 0.1) is 5.92 Å². The number of likely N-dealkylation sites (tertiary alicyclic amines) is 1. The van der Waals surface area contributed by atoms with Crippen molar-refractivity contribution in [2.45, 2.75) is 32.7 Å². The fourth-order valence-corrected chi connectivity index (χ4v) is 3.45. The molecule has 6 heteroatoms. The van der Waals surface area contributed by atoms with E-state index in [2.05, 4.69) is 9.80 Å². The summed E-state index contributed by atoms with van der Waals surface area (Å²) in [7, 11) is 3.63. The molecule has 132 valence electrons. The Balaban J connectivity index is 1.72. The van der Waals surface area contributed by atoms with Gasteiger partial charge in [-0.05, 0) is 12.8 Å². The molecule has 0 aromatic heterocycles. The molecule has 0 saturated carbocycles. The number of hydrogen-bond acceptors (Lipinski definition) is 4. The van der Waals surface area contributed by atoms with Crippen LogP contribution in [0.4, 0.5) is 0 Å². The van der Waals surface area contributed by atoms with Crippen LogP contribution < -0.4 is 0 Å². The van der Waals surface area contributed by atoms with E-state index in [4.69, 9.17) is 0 Å². The molecule has 2 aliphatic heterocycles. The molecule has 2 amide bonds. The molecule has 2 rings (SSSR count). The van der Waals surface area contributed by atoms with Gasteiger partial charge in [0.1, 0.15) is 0 Å². The summed E-state index contributed by atoms with van der Waals surface area (Å²) in [6.07, 6.45) is 2.25. The van der Waals surface area contributed by atoms with Crippen LogP contribution in [-0.2, 0) is 9.59 Å². The lowest BCUT2D eigenvalue weighted by Crippen LogP contribution is -2.55. The molecule has 0 aliphatic carbocycles. The van der Waals surface area contributed by atoms with Crippen molar-refractivity contribution in [3.05, 3.63) is 0 Å². The number of rotatable bonds is 4. The van der Waals surface area contributed by atoms with Crippen molar-refractivity contribution in [3.63, 3.8) is 0 Å². The molecule has 0 spiro atoms. The Bertz CT molecular complexity index is 409. The van der Waals surface area contributed by atoms with Crippen LogP contribution in [0.25, 0.3) is 0 Å². The summed E-state index contributed by atoms with van der Waals surface area (Å²) in [4.78, 5) is 32.3. The third-order valence-corrected chi connectivity index (χ3v) is 5.05. The van der Waals surface area contributed by atoms with Crippen LogP contribution in [0.1, 0.15) is 26.7 Å². The number of carbonyl (C=O) groups excluding carboxylic acids is 2. The fraction of sp³-hybridized carbons (Fsp3) is 0.882. The standard InChI is InChI=1S/C17H32N4O2/c1-14(2)17(23)21-11-9-20(10-12-21)15-5-7-19(8-6-15)13-16(22)18(3)4/h14-15H,5-13H2,1-4H3. The molecule has 2 heterocycles. The van der Waals surface area contributed by atoms with Crippen molar-refractivity contribution < 1.29 is 9.59 Å². The summed E-state index contributed by atoms with van der Waals surface area (Å²) in [6.45, 7) is 10.2. The van der Waals surface area contributed by atoms with E-state index in [0.717, 1.165) is 52.1 Å².